The van der Waals surface area contributed by atoms with Gasteiger partial charge in [0.1, 0.15) is 5.01 Å². The normalized spacial score (nSPS) is 20.3. The molecular weight excluding hydrogens is 248 g/mol. The summed E-state index contributed by atoms with van der Waals surface area (Å²) in [6.07, 6.45) is 4.08. The van der Waals surface area contributed by atoms with Crippen LogP contribution < -0.4 is 5.32 Å². The van der Waals surface area contributed by atoms with Crippen molar-refractivity contribution in [1.29, 1.82) is 0 Å². The number of anilines is 1. The molecule has 102 valence electrons. The van der Waals surface area contributed by atoms with E-state index < -0.39 is 0 Å². The predicted octanol–water partition coefficient (Wildman–Crippen LogP) is 1.97. The van der Waals surface area contributed by atoms with Crippen molar-refractivity contribution in [1.82, 2.24) is 15.1 Å². The second-order valence-electron chi connectivity index (χ2n) is 4.72. The highest BCUT2D eigenvalue weighted by molar-refractivity contribution is 7.15. The van der Waals surface area contributed by atoms with Gasteiger partial charge in [0.05, 0.1) is 12.6 Å². The number of likely N-dealkylation sites (N-methyl/N-ethyl adjacent to an activating group) is 1. The molecule has 2 rings (SSSR count). The summed E-state index contributed by atoms with van der Waals surface area (Å²) >= 11 is 1.63. The first kappa shape index (κ1) is 13.7. The molecule has 1 aliphatic rings. The lowest BCUT2D eigenvalue weighted by molar-refractivity contribution is -0.00262. The zero-order valence-electron chi connectivity index (χ0n) is 11.2. The van der Waals surface area contributed by atoms with Crippen molar-refractivity contribution in [2.75, 3.05) is 32.1 Å². The molecule has 1 unspecified atom stereocenters. The molecule has 6 heteroatoms. The van der Waals surface area contributed by atoms with Crippen LogP contribution in [-0.4, -0.2) is 47.9 Å². The standard InChI is InChI=1S/C12H22N4OS/c1-3-13-12-15-14-11(18-12)9-16(2)8-10-6-4-5-7-17-10/h10H,3-9H2,1-2H3,(H,13,15). The Bertz CT molecular complexity index is 352. The van der Waals surface area contributed by atoms with Gasteiger partial charge in [0.25, 0.3) is 0 Å². The molecule has 0 radical (unpaired) electrons. The molecule has 1 saturated heterocycles. The largest absolute Gasteiger partial charge is 0.377 e. The molecule has 1 aliphatic heterocycles. The molecule has 1 atom stereocenters. The van der Waals surface area contributed by atoms with E-state index in [-0.39, 0.29) is 0 Å². The Morgan fingerprint density at radius 2 is 2.33 bits per heavy atom. The molecule has 0 aromatic carbocycles. The third kappa shape index (κ3) is 4.19. The summed E-state index contributed by atoms with van der Waals surface area (Å²) in [5, 5.41) is 13.5. The molecule has 1 fully saturated rings. The molecule has 1 aromatic rings. The van der Waals surface area contributed by atoms with Crippen molar-refractivity contribution in [3.8, 4) is 0 Å². The van der Waals surface area contributed by atoms with Crippen molar-refractivity contribution in [2.24, 2.45) is 0 Å². The first-order chi connectivity index (χ1) is 8.78. The van der Waals surface area contributed by atoms with Gasteiger partial charge in [0, 0.05) is 19.7 Å². The Morgan fingerprint density at radius 1 is 1.44 bits per heavy atom. The monoisotopic (exact) mass is 270 g/mol. The average Bonchev–Trinajstić information content (AvgIpc) is 2.78. The number of nitrogens with zero attached hydrogens (tertiary/aromatic N) is 3. The van der Waals surface area contributed by atoms with Gasteiger partial charge in [-0.1, -0.05) is 11.3 Å². The minimum absolute atomic E-state index is 0.393. The number of hydrogen-bond acceptors (Lipinski definition) is 6. The Labute approximate surface area is 113 Å². The fraction of sp³-hybridized carbons (Fsp3) is 0.833. The van der Waals surface area contributed by atoms with Crippen LogP contribution in [0.2, 0.25) is 0 Å². The number of aromatic nitrogens is 2. The van der Waals surface area contributed by atoms with Crippen LogP contribution in [0, 0.1) is 0 Å². The third-order valence-corrected chi connectivity index (χ3v) is 3.86. The highest BCUT2D eigenvalue weighted by Crippen LogP contribution is 2.18. The maximum atomic E-state index is 5.74. The minimum Gasteiger partial charge on any atom is -0.377 e. The van der Waals surface area contributed by atoms with Crippen molar-refractivity contribution >= 4 is 16.5 Å². The van der Waals surface area contributed by atoms with Crippen LogP contribution in [-0.2, 0) is 11.3 Å². The van der Waals surface area contributed by atoms with Crippen LogP contribution in [0.25, 0.3) is 0 Å². The molecule has 2 heterocycles. The van der Waals surface area contributed by atoms with E-state index in [2.05, 4.69) is 34.4 Å². The first-order valence-corrected chi connectivity index (χ1v) is 7.46. The van der Waals surface area contributed by atoms with Crippen LogP contribution in [0.4, 0.5) is 5.13 Å². The summed E-state index contributed by atoms with van der Waals surface area (Å²) in [4.78, 5) is 2.27. The maximum absolute atomic E-state index is 5.74. The fourth-order valence-electron chi connectivity index (χ4n) is 2.13. The van der Waals surface area contributed by atoms with Gasteiger partial charge in [-0.05, 0) is 33.2 Å². The smallest absolute Gasteiger partial charge is 0.205 e. The van der Waals surface area contributed by atoms with Crippen LogP contribution in [0.15, 0.2) is 0 Å². The van der Waals surface area contributed by atoms with E-state index in [0.717, 1.165) is 36.4 Å². The molecule has 0 aliphatic carbocycles. The minimum atomic E-state index is 0.393. The highest BCUT2D eigenvalue weighted by atomic mass is 32.1. The SMILES string of the molecule is CCNc1nnc(CN(C)CC2CCCCO2)s1. The van der Waals surface area contributed by atoms with E-state index in [4.69, 9.17) is 4.74 Å². The lowest BCUT2D eigenvalue weighted by Gasteiger charge is -2.26. The van der Waals surface area contributed by atoms with Crippen molar-refractivity contribution in [2.45, 2.75) is 38.8 Å². The van der Waals surface area contributed by atoms with E-state index in [1.807, 2.05) is 0 Å². The zero-order chi connectivity index (χ0) is 12.8. The summed E-state index contributed by atoms with van der Waals surface area (Å²) in [6, 6.07) is 0. The van der Waals surface area contributed by atoms with Gasteiger partial charge < -0.3 is 10.1 Å². The molecule has 1 aromatic heterocycles. The van der Waals surface area contributed by atoms with Gasteiger partial charge in [0.2, 0.25) is 5.13 Å². The number of rotatable bonds is 6. The van der Waals surface area contributed by atoms with Crippen molar-refractivity contribution in [3.63, 3.8) is 0 Å². The Hall–Kier alpha value is -0.720. The van der Waals surface area contributed by atoms with Gasteiger partial charge in [-0.15, -0.1) is 10.2 Å². The summed E-state index contributed by atoms with van der Waals surface area (Å²) in [6.45, 7) is 5.70. The summed E-state index contributed by atoms with van der Waals surface area (Å²) in [5.41, 5.74) is 0. The summed E-state index contributed by atoms with van der Waals surface area (Å²) in [5.74, 6) is 0. The van der Waals surface area contributed by atoms with E-state index in [1.54, 1.807) is 11.3 Å². The zero-order valence-corrected chi connectivity index (χ0v) is 12.0. The Balaban J connectivity index is 1.76. The fourth-order valence-corrected chi connectivity index (χ4v) is 3.02. The van der Waals surface area contributed by atoms with Crippen LogP contribution >= 0.6 is 11.3 Å². The molecule has 18 heavy (non-hydrogen) atoms. The maximum Gasteiger partial charge on any atom is 0.205 e. The van der Waals surface area contributed by atoms with Gasteiger partial charge in [-0.25, -0.2) is 0 Å². The van der Waals surface area contributed by atoms with Crippen LogP contribution in [0.1, 0.15) is 31.2 Å². The lowest BCUT2D eigenvalue weighted by Crippen LogP contribution is -2.33. The van der Waals surface area contributed by atoms with Crippen LogP contribution in [0.3, 0.4) is 0 Å². The Morgan fingerprint density at radius 3 is 3.06 bits per heavy atom. The second-order valence-corrected chi connectivity index (χ2v) is 5.78. The highest BCUT2D eigenvalue weighted by Gasteiger charge is 2.16. The molecular formula is C12H22N4OS. The van der Waals surface area contributed by atoms with Gasteiger partial charge in [-0.3, -0.25) is 4.90 Å². The topological polar surface area (TPSA) is 50.3 Å². The summed E-state index contributed by atoms with van der Waals surface area (Å²) < 4.78 is 5.74. The molecule has 0 spiro atoms. The Kier molecular flexibility index (Phi) is 5.34. The molecule has 0 bridgehead atoms. The van der Waals surface area contributed by atoms with E-state index in [1.165, 1.54) is 19.3 Å². The average molecular weight is 270 g/mol. The van der Waals surface area contributed by atoms with Gasteiger partial charge in [0.15, 0.2) is 0 Å². The number of hydrogen-bond donors (Lipinski definition) is 1. The molecule has 0 saturated carbocycles. The van der Waals surface area contributed by atoms with E-state index in [9.17, 15) is 0 Å². The lowest BCUT2D eigenvalue weighted by atomic mass is 10.1. The quantitative estimate of drug-likeness (QED) is 0.856. The van der Waals surface area contributed by atoms with Gasteiger partial charge >= 0.3 is 0 Å². The van der Waals surface area contributed by atoms with Crippen molar-refractivity contribution in [3.05, 3.63) is 5.01 Å². The van der Waals surface area contributed by atoms with Crippen LogP contribution in [0.5, 0.6) is 0 Å². The van der Waals surface area contributed by atoms with E-state index >= 15 is 0 Å². The number of nitrogens with one attached hydrogen (secondary N) is 1. The molecule has 5 nitrogen and oxygen atoms in total. The molecule has 1 N–H and O–H groups in total. The van der Waals surface area contributed by atoms with E-state index in [0.29, 0.717) is 6.10 Å². The second kappa shape index (κ2) is 7.01. The molecule has 0 amide bonds. The first-order valence-electron chi connectivity index (χ1n) is 6.64. The third-order valence-electron chi connectivity index (χ3n) is 2.99. The summed E-state index contributed by atoms with van der Waals surface area (Å²) in [7, 11) is 2.12. The van der Waals surface area contributed by atoms with Gasteiger partial charge in [-0.2, -0.15) is 0 Å². The predicted molar refractivity (Wildman–Crippen MR) is 74.0 cm³/mol. The van der Waals surface area contributed by atoms with Crippen molar-refractivity contribution < 1.29 is 4.74 Å². The number of ether oxygens (including phenoxy) is 1.